The van der Waals surface area contributed by atoms with E-state index in [1.807, 2.05) is 6.20 Å². The summed E-state index contributed by atoms with van der Waals surface area (Å²) in [5, 5.41) is 0. The second-order valence-corrected chi connectivity index (χ2v) is 2.50. The van der Waals surface area contributed by atoms with E-state index in [0.29, 0.717) is 0 Å². The average Bonchev–Trinajstić information content (AvgIpc) is 2.05. The van der Waals surface area contributed by atoms with Crippen molar-refractivity contribution >= 4 is 5.71 Å². The molecule has 2 heteroatoms. The van der Waals surface area contributed by atoms with Crippen molar-refractivity contribution in [1.29, 1.82) is 0 Å². The van der Waals surface area contributed by atoms with Gasteiger partial charge in [0.2, 0.25) is 11.9 Å². The van der Waals surface area contributed by atoms with E-state index in [9.17, 15) is 0 Å². The Morgan fingerprint density at radius 2 is 2.60 bits per heavy atom. The van der Waals surface area contributed by atoms with Crippen LogP contribution in [-0.4, -0.2) is 11.8 Å². The lowest BCUT2D eigenvalue weighted by Gasteiger charge is -2.15. The number of allylic oxidation sites excluding steroid dienone is 1. The number of rotatable bonds is 0. The molecule has 2 nitrogen and oxygen atoms in total. The van der Waals surface area contributed by atoms with Crippen molar-refractivity contribution in [3.8, 4) is 0 Å². The molecule has 1 aliphatic carbocycles. The topological polar surface area (TPSA) is 23.2 Å². The normalized spacial score (nSPS) is 28.8. The first kappa shape index (κ1) is 5.71. The van der Waals surface area contributed by atoms with E-state index in [0.717, 1.165) is 12.8 Å². The van der Waals surface area contributed by atoms with E-state index >= 15 is 0 Å². The molecule has 0 aromatic heterocycles. The van der Waals surface area contributed by atoms with E-state index in [2.05, 4.69) is 17.1 Å². The molecule has 1 aliphatic heterocycles. The molecule has 0 spiro atoms. The molecule has 0 aromatic carbocycles. The molecular weight excluding hydrogens is 126 g/mol. The van der Waals surface area contributed by atoms with Gasteiger partial charge in [-0.25, -0.2) is 4.99 Å². The molecule has 0 saturated carbocycles. The van der Waals surface area contributed by atoms with Crippen LogP contribution in [0, 0.1) is 0 Å². The van der Waals surface area contributed by atoms with Gasteiger partial charge in [0, 0.05) is 6.42 Å². The van der Waals surface area contributed by atoms with Crippen molar-refractivity contribution in [3.63, 3.8) is 0 Å². The maximum Gasteiger partial charge on any atom is 0.201 e. The average molecular weight is 136 g/mol. The third kappa shape index (κ3) is 0.856. The Bertz CT molecular complexity index is 215. The van der Waals surface area contributed by atoms with E-state index < -0.39 is 0 Å². The zero-order chi connectivity index (χ0) is 6.81. The predicted molar refractivity (Wildman–Crippen MR) is 38.4 cm³/mol. The number of ether oxygens (including phenoxy) is 1. The van der Waals surface area contributed by atoms with Gasteiger partial charge in [-0.2, -0.15) is 0 Å². The van der Waals surface area contributed by atoms with E-state index in [1.54, 1.807) is 6.26 Å². The highest BCUT2D eigenvalue weighted by Gasteiger charge is 2.22. The third-order valence-corrected chi connectivity index (χ3v) is 1.80. The molecule has 0 aromatic rings. The largest absolute Gasteiger partial charge is 0.477 e. The quantitative estimate of drug-likeness (QED) is 0.455. The van der Waals surface area contributed by atoms with Gasteiger partial charge in [0.25, 0.3) is 0 Å². The first-order chi connectivity index (χ1) is 4.97. The molecule has 1 heterocycles. The van der Waals surface area contributed by atoms with Crippen LogP contribution in [0.2, 0.25) is 0 Å². The Hall–Kier alpha value is -1.05. The second kappa shape index (κ2) is 2.29. The standard InChI is InChI=1S/C8H9NO/c1-2-4-8-7(3-1)9-5-6-10-8/h2,4-6,8H,1,3H2/p+1. The summed E-state index contributed by atoms with van der Waals surface area (Å²) in [5.74, 6) is 0. The van der Waals surface area contributed by atoms with Crippen molar-refractivity contribution in [2.45, 2.75) is 18.9 Å². The van der Waals surface area contributed by atoms with Gasteiger partial charge in [0.05, 0.1) is 0 Å². The molecule has 1 N–H and O–H groups in total. The summed E-state index contributed by atoms with van der Waals surface area (Å²) in [4.78, 5) is 3.18. The molecular formula is C8H10NO+. The smallest absolute Gasteiger partial charge is 0.201 e. The molecule has 0 radical (unpaired) electrons. The maximum absolute atomic E-state index is 5.31. The summed E-state index contributed by atoms with van der Waals surface area (Å²) >= 11 is 0. The fourth-order valence-electron chi connectivity index (χ4n) is 1.26. The van der Waals surface area contributed by atoms with E-state index in [-0.39, 0.29) is 6.10 Å². The van der Waals surface area contributed by atoms with Crippen LogP contribution >= 0.6 is 0 Å². The van der Waals surface area contributed by atoms with Gasteiger partial charge in [-0.15, -0.1) is 0 Å². The fourth-order valence-corrected chi connectivity index (χ4v) is 1.26. The van der Waals surface area contributed by atoms with Crippen molar-refractivity contribution in [3.05, 3.63) is 24.6 Å². The Balaban J connectivity index is 2.26. The first-order valence-electron chi connectivity index (χ1n) is 3.56. The van der Waals surface area contributed by atoms with Crippen molar-refractivity contribution in [1.82, 2.24) is 0 Å². The minimum atomic E-state index is 0.193. The van der Waals surface area contributed by atoms with Crippen LogP contribution in [0.3, 0.4) is 0 Å². The van der Waals surface area contributed by atoms with Crippen LogP contribution in [0.25, 0.3) is 0 Å². The monoisotopic (exact) mass is 136 g/mol. The lowest BCUT2D eigenvalue weighted by molar-refractivity contribution is -0.385. The number of fused-ring (bicyclic) bond motifs is 1. The predicted octanol–water partition coefficient (Wildman–Crippen LogP) is -0.272. The molecule has 1 atom stereocenters. The van der Waals surface area contributed by atoms with Gasteiger partial charge in [-0.3, -0.25) is 0 Å². The minimum absolute atomic E-state index is 0.193. The van der Waals surface area contributed by atoms with Gasteiger partial charge in [-0.05, 0) is 12.5 Å². The molecule has 1 unspecified atom stereocenters. The van der Waals surface area contributed by atoms with Crippen LogP contribution in [0.1, 0.15) is 12.8 Å². The first-order valence-corrected chi connectivity index (χ1v) is 3.56. The van der Waals surface area contributed by atoms with Crippen LogP contribution in [0.4, 0.5) is 0 Å². The van der Waals surface area contributed by atoms with Crippen molar-refractivity contribution in [2.24, 2.45) is 0 Å². The van der Waals surface area contributed by atoms with Gasteiger partial charge < -0.3 is 4.74 Å². The summed E-state index contributed by atoms with van der Waals surface area (Å²) in [5.41, 5.74) is 1.28. The van der Waals surface area contributed by atoms with Crippen molar-refractivity contribution < 1.29 is 9.73 Å². The lowest BCUT2D eigenvalue weighted by Crippen LogP contribution is -2.71. The van der Waals surface area contributed by atoms with Crippen LogP contribution in [0.15, 0.2) is 24.6 Å². The molecule has 0 fully saturated rings. The lowest BCUT2D eigenvalue weighted by atomic mass is 10.0. The Morgan fingerprint density at radius 1 is 1.60 bits per heavy atom. The number of hydrogen-bond donors (Lipinski definition) is 1. The molecule has 0 saturated heterocycles. The molecule has 2 rings (SSSR count). The SMILES string of the molecule is C1=CC2OC=C[NH+]=C2CC1. The zero-order valence-corrected chi connectivity index (χ0v) is 5.71. The second-order valence-electron chi connectivity index (χ2n) is 2.50. The number of nitrogens with one attached hydrogen (secondary N) is 1. The minimum Gasteiger partial charge on any atom is -0.477 e. The third-order valence-electron chi connectivity index (χ3n) is 1.80. The Morgan fingerprint density at radius 3 is 3.50 bits per heavy atom. The summed E-state index contributed by atoms with van der Waals surface area (Å²) in [7, 11) is 0. The molecule has 2 aliphatic rings. The molecule has 0 bridgehead atoms. The summed E-state index contributed by atoms with van der Waals surface area (Å²) in [6, 6.07) is 0. The van der Waals surface area contributed by atoms with Crippen molar-refractivity contribution in [2.75, 3.05) is 0 Å². The molecule has 10 heavy (non-hydrogen) atoms. The van der Waals surface area contributed by atoms with Crippen LogP contribution in [0.5, 0.6) is 0 Å². The highest BCUT2D eigenvalue weighted by atomic mass is 16.5. The van der Waals surface area contributed by atoms with E-state index in [1.165, 1.54) is 5.71 Å². The Kier molecular flexibility index (Phi) is 1.31. The number of hydrogen-bond acceptors (Lipinski definition) is 1. The van der Waals surface area contributed by atoms with E-state index in [4.69, 9.17) is 4.74 Å². The molecule has 52 valence electrons. The van der Waals surface area contributed by atoms with Crippen LogP contribution in [-0.2, 0) is 4.74 Å². The maximum atomic E-state index is 5.31. The Labute approximate surface area is 59.9 Å². The van der Waals surface area contributed by atoms with Gasteiger partial charge >= 0.3 is 0 Å². The summed E-state index contributed by atoms with van der Waals surface area (Å²) < 4.78 is 5.31. The molecule has 0 amide bonds. The van der Waals surface area contributed by atoms with Gasteiger partial charge in [0.15, 0.2) is 6.10 Å². The highest BCUT2D eigenvalue weighted by molar-refractivity contribution is 5.86. The highest BCUT2D eigenvalue weighted by Crippen LogP contribution is 2.09. The fraction of sp³-hybridized carbons (Fsp3) is 0.375. The summed E-state index contributed by atoms with van der Waals surface area (Å²) in [6.45, 7) is 0. The van der Waals surface area contributed by atoms with Gasteiger partial charge in [0.1, 0.15) is 6.26 Å². The van der Waals surface area contributed by atoms with Gasteiger partial charge in [-0.1, -0.05) is 6.08 Å². The zero-order valence-electron chi connectivity index (χ0n) is 5.71. The summed E-state index contributed by atoms with van der Waals surface area (Å²) in [6.07, 6.45) is 10.2. The van der Waals surface area contributed by atoms with Crippen LogP contribution < -0.4 is 4.99 Å².